The number of pyridine rings is 2. The van der Waals surface area contributed by atoms with E-state index in [0.717, 1.165) is 22.4 Å². The van der Waals surface area contributed by atoms with Gasteiger partial charge in [0.2, 0.25) is 5.82 Å². The summed E-state index contributed by atoms with van der Waals surface area (Å²) in [7, 11) is 0. The Kier molecular flexibility index (Phi) is 6.44. The molecule has 3 aromatic heterocycles. The SMILES string of the molecule is CC1NC(=O)c2ccc(Nc3cc(N[C@H](CO)c4ccccc4)c(-c4nc(-c5ccncc5)no4)cn3)cc21. The van der Waals surface area contributed by atoms with Crippen LogP contribution in [0.1, 0.15) is 40.5 Å². The summed E-state index contributed by atoms with van der Waals surface area (Å²) in [5.74, 6) is 1.20. The number of fused-ring (bicyclic) bond motifs is 1. The number of hydrogen-bond acceptors (Lipinski definition) is 9. The van der Waals surface area contributed by atoms with Crippen LogP contribution in [-0.2, 0) is 0 Å². The smallest absolute Gasteiger partial charge is 0.261 e. The summed E-state index contributed by atoms with van der Waals surface area (Å²) in [6.07, 6.45) is 4.98. The molecule has 39 heavy (non-hydrogen) atoms. The van der Waals surface area contributed by atoms with Gasteiger partial charge in [-0.15, -0.1) is 0 Å². The number of anilines is 3. The minimum atomic E-state index is -0.388. The zero-order valence-electron chi connectivity index (χ0n) is 21.0. The summed E-state index contributed by atoms with van der Waals surface area (Å²) in [4.78, 5) is 25.3. The van der Waals surface area contributed by atoms with Gasteiger partial charge in [0.05, 0.1) is 29.9 Å². The summed E-state index contributed by atoms with van der Waals surface area (Å²) in [6, 6.07) is 20.3. The van der Waals surface area contributed by atoms with Crippen molar-refractivity contribution in [1.29, 1.82) is 0 Å². The number of nitrogens with zero attached hydrogens (tertiary/aromatic N) is 4. The van der Waals surface area contributed by atoms with Gasteiger partial charge >= 0.3 is 0 Å². The fraction of sp³-hybridized carbons (Fsp3) is 0.138. The van der Waals surface area contributed by atoms with Crippen molar-refractivity contribution in [2.75, 3.05) is 17.2 Å². The average molecular weight is 520 g/mol. The van der Waals surface area contributed by atoms with Crippen molar-refractivity contribution >= 4 is 23.1 Å². The first-order valence-electron chi connectivity index (χ1n) is 12.5. The molecule has 0 bridgehead atoms. The quantitative estimate of drug-likeness (QED) is 0.226. The van der Waals surface area contributed by atoms with Gasteiger partial charge in [-0.3, -0.25) is 9.78 Å². The summed E-state index contributed by atoms with van der Waals surface area (Å²) in [6.45, 7) is 1.82. The zero-order valence-corrected chi connectivity index (χ0v) is 21.0. The van der Waals surface area contributed by atoms with Crippen molar-refractivity contribution in [3.8, 4) is 22.8 Å². The minimum Gasteiger partial charge on any atom is -0.394 e. The van der Waals surface area contributed by atoms with Crippen LogP contribution in [0.5, 0.6) is 0 Å². The number of aliphatic hydroxyl groups excluding tert-OH is 1. The molecule has 4 N–H and O–H groups in total. The molecule has 0 spiro atoms. The fourth-order valence-corrected chi connectivity index (χ4v) is 4.58. The number of aliphatic hydroxyl groups is 1. The summed E-state index contributed by atoms with van der Waals surface area (Å²) in [5.41, 5.74) is 5.32. The maximum atomic E-state index is 12.1. The van der Waals surface area contributed by atoms with E-state index in [1.807, 2.05) is 55.5 Å². The first-order valence-corrected chi connectivity index (χ1v) is 12.5. The van der Waals surface area contributed by atoms with Gasteiger partial charge in [0.15, 0.2) is 0 Å². The van der Waals surface area contributed by atoms with E-state index in [1.165, 1.54) is 0 Å². The highest BCUT2D eigenvalue weighted by molar-refractivity contribution is 5.99. The van der Waals surface area contributed by atoms with E-state index in [1.54, 1.807) is 36.8 Å². The Morgan fingerprint density at radius 2 is 1.87 bits per heavy atom. The second-order valence-corrected chi connectivity index (χ2v) is 9.19. The van der Waals surface area contributed by atoms with E-state index >= 15 is 0 Å². The van der Waals surface area contributed by atoms with Gasteiger partial charge < -0.3 is 25.6 Å². The molecule has 0 saturated carbocycles. The van der Waals surface area contributed by atoms with Crippen LogP contribution in [0.4, 0.5) is 17.2 Å². The Bertz CT molecular complexity index is 1620. The van der Waals surface area contributed by atoms with Crippen molar-refractivity contribution < 1.29 is 14.4 Å². The number of nitrogens with one attached hydrogen (secondary N) is 3. The lowest BCUT2D eigenvalue weighted by Crippen LogP contribution is -2.16. The van der Waals surface area contributed by atoms with Crippen LogP contribution < -0.4 is 16.0 Å². The van der Waals surface area contributed by atoms with Crippen LogP contribution in [0.15, 0.2) is 89.8 Å². The highest BCUT2D eigenvalue weighted by Gasteiger charge is 2.25. The zero-order chi connectivity index (χ0) is 26.8. The molecular formula is C29H25N7O3. The molecule has 0 saturated heterocycles. The van der Waals surface area contributed by atoms with E-state index in [4.69, 9.17) is 4.52 Å². The molecule has 1 amide bonds. The molecule has 10 heteroatoms. The molecule has 0 aliphatic carbocycles. The molecule has 1 aliphatic rings. The van der Waals surface area contributed by atoms with Gasteiger partial charge in [0, 0.05) is 41.5 Å². The summed E-state index contributed by atoms with van der Waals surface area (Å²) >= 11 is 0. The molecule has 4 heterocycles. The number of aromatic nitrogens is 4. The van der Waals surface area contributed by atoms with Crippen LogP contribution in [0.3, 0.4) is 0 Å². The monoisotopic (exact) mass is 519 g/mol. The Morgan fingerprint density at radius 1 is 1.05 bits per heavy atom. The molecule has 5 aromatic rings. The second-order valence-electron chi connectivity index (χ2n) is 9.19. The average Bonchev–Trinajstić information content (AvgIpc) is 3.57. The standard InChI is InChI=1S/C29H25N7O3/c1-17-22-13-20(7-8-21(22)28(38)32-17)33-26-14-24(34-25(16-37)18-5-3-2-4-6-18)23(15-31-26)29-35-27(36-39-29)19-9-11-30-12-10-19/h2-15,17,25,37H,16H2,1H3,(H,32,38)(H2,31,33,34)/t17?,25-/m1/s1. The topological polar surface area (TPSA) is 138 Å². The van der Waals surface area contributed by atoms with Gasteiger partial charge in [0.1, 0.15) is 5.82 Å². The predicted molar refractivity (Wildman–Crippen MR) is 146 cm³/mol. The largest absolute Gasteiger partial charge is 0.394 e. The van der Waals surface area contributed by atoms with E-state index in [9.17, 15) is 9.90 Å². The number of rotatable bonds is 8. The Hall–Kier alpha value is -5.09. The van der Waals surface area contributed by atoms with Gasteiger partial charge in [-0.2, -0.15) is 4.98 Å². The maximum Gasteiger partial charge on any atom is 0.261 e. The number of carbonyl (C=O) groups is 1. The highest BCUT2D eigenvalue weighted by Crippen LogP contribution is 2.34. The van der Waals surface area contributed by atoms with E-state index < -0.39 is 0 Å². The van der Waals surface area contributed by atoms with E-state index in [0.29, 0.717) is 28.5 Å². The van der Waals surface area contributed by atoms with Crippen molar-refractivity contribution in [1.82, 2.24) is 25.4 Å². The van der Waals surface area contributed by atoms with Gasteiger partial charge in [-0.25, -0.2) is 4.98 Å². The van der Waals surface area contributed by atoms with Gasteiger partial charge in [-0.05, 0) is 48.4 Å². The molecule has 2 aromatic carbocycles. The van der Waals surface area contributed by atoms with Crippen LogP contribution in [0.25, 0.3) is 22.8 Å². The molecule has 194 valence electrons. The van der Waals surface area contributed by atoms with Crippen LogP contribution in [-0.4, -0.2) is 37.7 Å². The normalized spacial score (nSPS) is 14.9. The lowest BCUT2D eigenvalue weighted by atomic mass is 10.0. The molecular weight excluding hydrogens is 494 g/mol. The molecule has 2 atom stereocenters. The number of benzene rings is 2. The third-order valence-corrected chi connectivity index (χ3v) is 6.60. The molecule has 6 rings (SSSR count). The lowest BCUT2D eigenvalue weighted by Gasteiger charge is -2.20. The molecule has 1 unspecified atom stereocenters. The lowest BCUT2D eigenvalue weighted by molar-refractivity contribution is 0.0958. The number of hydrogen-bond donors (Lipinski definition) is 4. The second kappa shape index (κ2) is 10.3. The van der Waals surface area contributed by atoms with Crippen LogP contribution in [0.2, 0.25) is 0 Å². The van der Waals surface area contributed by atoms with E-state index in [-0.39, 0.29) is 30.5 Å². The van der Waals surface area contributed by atoms with Crippen molar-refractivity contribution in [2.24, 2.45) is 0 Å². The highest BCUT2D eigenvalue weighted by atomic mass is 16.5. The molecule has 1 aliphatic heterocycles. The summed E-state index contributed by atoms with van der Waals surface area (Å²) < 4.78 is 5.61. The maximum absolute atomic E-state index is 12.1. The Labute approximate surface area is 224 Å². The van der Waals surface area contributed by atoms with Crippen LogP contribution >= 0.6 is 0 Å². The summed E-state index contributed by atoms with van der Waals surface area (Å²) in [5, 5.41) is 24.0. The third-order valence-electron chi connectivity index (χ3n) is 6.60. The molecule has 0 radical (unpaired) electrons. The fourth-order valence-electron chi connectivity index (χ4n) is 4.58. The predicted octanol–water partition coefficient (Wildman–Crippen LogP) is 4.89. The minimum absolute atomic E-state index is 0.0647. The van der Waals surface area contributed by atoms with Crippen molar-refractivity contribution in [3.63, 3.8) is 0 Å². The third kappa shape index (κ3) is 4.92. The number of carbonyl (C=O) groups excluding carboxylic acids is 1. The van der Waals surface area contributed by atoms with Crippen LogP contribution in [0, 0.1) is 0 Å². The first kappa shape index (κ1) is 24.3. The molecule has 0 fully saturated rings. The van der Waals surface area contributed by atoms with Gasteiger partial charge in [0.25, 0.3) is 11.8 Å². The van der Waals surface area contributed by atoms with E-state index in [2.05, 4.69) is 36.1 Å². The Morgan fingerprint density at radius 3 is 2.67 bits per heavy atom. The molecule has 10 nitrogen and oxygen atoms in total. The van der Waals surface area contributed by atoms with Crippen molar-refractivity contribution in [3.05, 3.63) is 102 Å². The number of amides is 1. The van der Waals surface area contributed by atoms with Crippen molar-refractivity contribution in [2.45, 2.75) is 19.0 Å². The van der Waals surface area contributed by atoms with Gasteiger partial charge in [-0.1, -0.05) is 35.5 Å². The first-order chi connectivity index (χ1) is 19.1. The Balaban J connectivity index is 1.36.